The van der Waals surface area contributed by atoms with Crippen LogP contribution in [0.3, 0.4) is 0 Å². The molecule has 0 bridgehead atoms. The molecule has 3 aromatic rings. The van der Waals surface area contributed by atoms with Crippen molar-refractivity contribution in [1.82, 2.24) is 4.98 Å². The molecule has 0 radical (unpaired) electrons. The van der Waals surface area contributed by atoms with E-state index in [0.717, 1.165) is 10.6 Å². The summed E-state index contributed by atoms with van der Waals surface area (Å²) in [5, 5.41) is 0.527. The van der Waals surface area contributed by atoms with Crippen LogP contribution in [0.1, 0.15) is 25.6 Å². The molecule has 0 fully saturated rings. The molecule has 6 nitrogen and oxygen atoms in total. The number of aromatic nitrogens is 1. The number of hydrogen-bond acceptors (Lipinski definition) is 5. The molecule has 0 saturated carbocycles. The summed E-state index contributed by atoms with van der Waals surface area (Å²) in [6.07, 6.45) is 1.79. The molecule has 1 heterocycles. The standard InChI is InChI=1S/C21H23N3O3S/c1-21(2,3)18-13-23-20(28-18)24(19(22)25)14-6-5-7-17(12-14)27-16-10-8-15(26-4)9-11-16/h5-13H,1-4H3,(H2,22,25). The number of anilines is 2. The van der Waals surface area contributed by atoms with Gasteiger partial charge in [0.25, 0.3) is 0 Å². The number of thiazole rings is 1. The van der Waals surface area contributed by atoms with Gasteiger partial charge in [0.15, 0.2) is 5.13 Å². The SMILES string of the molecule is COc1ccc(Oc2cccc(N(C(N)=O)c3ncc(C(C)(C)C)s3)c2)cc1. The zero-order valence-electron chi connectivity index (χ0n) is 16.3. The van der Waals surface area contributed by atoms with E-state index in [0.29, 0.717) is 22.3 Å². The van der Waals surface area contributed by atoms with E-state index in [2.05, 4.69) is 25.8 Å². The minimum absolute atomic E-state index is 0.0570. The second kappa shape index (κ2) is 7.90. The van der Waals surface area contributed by atoms with Crippen molar-refractivity contribution >= 4 is 28.2 Å². The predicted octanol–water partition coefficient (Wildman–Crippen LogP) is 5.46. The number of primary amides is 1. The monoisotopic (exact) mass is 397 g/mol. The van der Waals surface area contributed by atoms with Crippen molar-refractivity contribution in [3.8, 4) is 17.2 Å². The molecule has 7 heteroatoms. The average molecular weight is 398 g/mol. The van der Waals surface area contributed by atoms with Crippen molar-refractivity contribution in [3.63, 3.8) is 0 Å². The quantitative estimate of drug-likeness (QED) is 0.620. The second-order valence-corrected chi connectivity index (χ2v) is 8.21. The van der Waals surface area contributed by atoms with Gasteiger partial charge in [-0.05, 0) is 41.8 Å². The highest BCUT2D eigenvalue weighted by Gasteiger charge is 2.23. The van der Waals surface area contributed by atoms with Gasteiger partial charge in [0.05, 0.1) is 12.8 Å². The predicted molar refractivity (Wildman–Crippen MR) is 112 cm³/mol. The molecule has 3 rings (SSSR count). The summed E-state index contributed by atoms with van der Waals surface area (Å²) in [6, 6.07) is 13.8. The van der Waals surface area contributed by atoms with Crippen molar-refractivity contribution in [1.29, 1.82) is 0 Å². The Hall–Kier alpha value is -3.06. The van der Waals surface area contributed by atoms with Gasteiger partial charge in [0, 0.05) is 17.1 Å². The van der Waals surface area contributed by atoms with Gasteiger partial charge in [-0.2, -0.15) is 0 Å². The van der Waals surface area contributed by atoms with Crippen molar-refractivity contribution in [2.45, 2.75) is 26.2 Å². The summed E-state index contributed by atoms with van der Waals surface area (Å²) in [7, 11) is 1.61. The van der Waals surface area contributed by atoms with E-state index in [1.54, 1.807) is 25.4 Å². The number of methoxy groups -OCH3 is 1. The Kier molecular flexibility index (Phi) is 5.56. The summed E-state index contributed by atoms with van der Waals surface area (Å²) in [5.74, 6) is 1.99. The van der Waals surface area contributed by atoms with E-state index in [4.69, 9.17) is 15.2 Å². The smallest absolute Gasteiger partial charge is 0.325 e. The number of benzene rings is 2. The highest BCUT2D eigenvalue weighted by molar-refractivity contribution is 7.16. The first kappa shape index (κ1) is 19.7. The van der Waals surface area contributed by atoms with Crippen LogP contribution in [0.4, 0.5) is 15.6 Å². The maximum atomic E-state index is 12.2. The Labute approximate surface area is 168 Å². The van der Waals surface area contributed by atoms with E-state index >= 15 is 0 Å². The van der Waals surface area contributed by atoms with Crippen molar-refractivity contribution < 1.29 is 14.3 Å². The summed E-state index contributed by atoms with van der Waals surface area (Å²) in [6.45, 7) is 6.30. The van der Waals surface area contributed by atoms with Gasteiger partial charge in [-0.15, -0.1) is 11.3 Å². The third kappa shape index (κ3) is 4.43. The van der Waals surface area contributed by atoms with E-state index < -0.39 is 6.03 Å². The number of hydrogen-bond donors (Lipinski definition) is 1. The third-order valence-electron chi connectivity index (χ3n) is 4.02. The molecule has 2 amide bonds. The van der Waals surface area contributed by atoms with Crippen molar-refractivity contribution in [2.75, 3.05) is 12.0 Å². The fourth-order valence-corrected chi connectivity index (χ4v) is 3.51. The number of nitrogens with zero attached hydrogens (tertiary/aromatic N) is 2. The van der Waals surface area contributed by atoms with E-state index in [1.165, 1.54) is 16.2 Å². The van der Waals surface area contributed by atoms with Crippen LogP contribution in [0.25, 0.3) is 0 Å². The summed E-state index contributed by atoms with van der Waals surface area (Å²) in [4.78, 5) is 19.0. The fourth-order valence-electron chi connectivity index (χ4n) is 2.51. The first-order valence-electron chi connectivity index (χ1n) is 8.76. The molecule has 0 aliphatic heterocycles. The molecule has 0 aliphatic rings. The van der Waals surface area contributed by atoms with Gasteiger partial charge in [-0.1, -0.05) is 26.8 Å². The highest BCUT2D eigenvalue weighted by Crippen LogP contribution is 2.36. The number of rotatable bonds is 5. The molecule has 2 N–H and O–H groups in total. The topological polar surface area (TPSA) is 77.7 Å². The molecular weight excluding hydrogens is 374 g/mol. The van der Waals surface area contributed by atoms with Crippen LogP contribution in [-0.4, -0.2) is 18.1 Å². The fraction of sp³-hybridized carbons (Fsp3) is 0.238. The Balaban J connectivity index is 1.89. The number of nitrogens with two attached hydrogens (primary N) is 1. The van der Waals surface area contributed by atoms with Gasteiger partial charge in [0.2, 0.25) is 0 Å². The van der Waals surface area contributed by atoms with Crippen LogP contribution in [0.15, 0.2) is 54.7 Å². The summed E-state index contributed by atoms with van der Waals surface area (Å²) in [5.41, 5.74) is 6.19. The molecule has 0 spiro atoms. The highest BCUT2D eigenvalue weighted by atomic mass is 32.1. The molecule has 0 aliphatic carbocycles. The number of urea groups is 1. The molecule has 2 aromatic carbocycles. The van der Waals surface area contributed by atoms with Gasteiger partial charge in [-0.25, -0.2) is 14.7 Å². The Bertz CT molecular complexity index is 962. The lowest BCUT2D eigenvalue weighted by atomic mass is 9.96. The minimum atomic E-state index is -0.601. The molecule has 146 valence electrons. The number of carbonyl (C=O) groups excluding carboxylic acids is 1. The molecule has 1 aromatic heterocycles. The maximum Gasteiger partial charge on any atom is 0.325 e. The molecular formula is C21H23N3O3S. The lowest BCUT2D eigenvalue weighted by molar-refractivity contribution is 0.256. The van der Waals surface area contributed by atoms with Crippen LogP contribution in [0, 0.1) is 0 Å². The average Bonchev–Trinajstić information content (AvgIpc) is 3.12. The Morgan fingerprint density at radius 3 is 2.32 bits per heavy atom. The molecule has 28 heavy (non-hydrogen) atoms. The lowest BCUT2D eigenvalue weighted by Gasteiger charge is -2.19. The van der Waals surface area contributed by atoms with Gasteiger partial charge in [0.1, 0.15) is 17.2 Å². The maximum absolute atomic E-state index is 12.2. The number of ether oxygens (including phenoxy) is 2. The molecule has 0 atom stereocenters. The largest absolute Gasteiger partial charge is 0.497 e. The normalized spacial score (nSPS) is 11.1. The first-order chi connectivity index (χ1) is 13.3. The second-order valence-electron chi connectivity index (χ2n) is 7.21. The number of carbonyl (C=O) groups is 1. The van der Waals surface area contributed by atoms with Gasteiger partial charge >= 0.3 is 6.03 Å². The zero-order chi connectivity index (χ0) is 20.3. The van der Waals surface area contributed by atoms with Crippen molar-refractivity contribution in [3.05, 3.63) is 59.6 Å². The van der Waals surface area contributed by atoms with Crippen LogP contribution >= 0.6 is 11.3 Å². The van der Waals surface area contributed by atoms with E-state index in [9.17, 15) is 4.79 Å². The van der Waals surface area contributed by atoms with Gasteiger partial charge < -0.3 is 15.2 Å². The zero-order valence-corrected chi connectivity index (χ0v) is 17.1. The molecule has 0 unspecified atom stereocenters. The van der Waals surface area contributed by atoms with Crippen LogP contribution in [0.5, 0.6) is 17.2 Å². The summed E-state index contributed by atoms with van der Waals surface area (Å²) < 4.78 is 11.0. The Morgan fingerprint density at radius 1 is 1.07 bits per heavy atom. The lowest BCUT2D eigenvalue weighted by Crippen LogP contribution is -2.31. The van der Waals surface area contributed by atoms with Crippen LogP contribution < -0.4 is 20.1 Å². The Morgan fingerprint density at radius 2 is 1.75 bits per heavy atom. The molecule has 0 saturated heterocycles. The van der Waals surface area contributed by atoms with Crippen molar-refractivity contribution in [2.24, 2.45) is 5.73 Å². The summed E-state index contributed by atoms with van der Waals surface area (Å²) >= 11 is 1.44. The first-order valence-corrected chi connectivity index (χ1v) is 9.57. The van der Waals surface area contributed by atoms with Crippen LogP contribution in [0.2, 0.25) is 0 Å². The van der Waals surface area contributed by atoms with Gasteiger partial charge in [-0.3, -0.25) is 0 Å². The van der Waals surface area contributed by atoms with E-state index in [1.807, 2.05) is 36.4 Å². The van der Waals surface area contributed by atoms with E-state index in [-0.39, 0.29) is 5.41 Å². The minimum Gasteiger partial charge on any atom is -0.497 e. The van der Waals surface area contributed by atoms with Crippen LogP contribution in [-0.2, 0) is 5.41 Å². The number of amides is 2. The third-order valence-corrected chi connectivity index (χ3v) is 5.42.